The fraction of sp³-hybridized carbons (Fsp3) is 0.149. The summed E-state index contributed by atoms with van der Waals surface area (Å²) < 4.78 is 30.7. The summed E-state index contributed by atoms with van der Waals surface area (Å²) in [4.78, 5) is 24.9. The van der Waals surface area contributed by atoms with Crippen molar-refractivity contribution >= 4 is 11.6 Å². The molecule has 8 nitrogen and oxygen atoms in total. The van der Waals surface area contributed by atoms with Gasteiger partial charge in [0.25, 0.3) is 0 Å². The molecule has 0 unspecified atom stereocenters. The maximum absolute atomic E-state index is 12.4. The van der Waals surface area contributed by atoms with Crippen LogP contribution in [0.1, 0.15) is 43.0 Å². The molecule has 0 aliphatic rings. The van der Waals surface area contributed by atoms with Crippen LogP contribution in [-0.2, 0) is 74.9 Å². The van der Waals surface area contributed by atoms with Crippen LogP contribution in [0.4, 0.5) is 0 Å². The summed E-state index contributed by atoms with van der Waals surface area (Å²) in [7, 11) is 6.42. The van der Waals surface area contributed by atoms with Gasteiger partial charge in [-0.15, -0.1) is 0 Å². The van der Waals surface area contributed by atoms with Crippen LogP contribution in [-0.4, -0.2) is 46.8 Å². The van der Waals surface area contributed by atoms with Crippen molar-refractivity contribution in [2.45, 2.75) is 13.8 Å². The molecular formula is C47H50O8Y2-2. The summed E-state index contributed by atoms with van der Waals surface area (Å²) in [6.07, 6.45) is 0. The molecular weight excluding hydrogens is 870 g/mol. The molecule has 6 aromatic carbocycles. The van der Waals surface area contributed by atoms with Gasteiger partial charge in [-0.1, -0.05) is 59.7 Å². The topological polar surface area (TPSA) is 89.5 Å². The van der Waals surface area contributed by atoms with E-state index in [9.17, 15) is 9.59 Å². The number of methoxy groups -OCH3 is 4. The SMILES string of the molecule is COCOC.COc1ccc(Oc2ccc(C(=O)c3ccc(C)cc3)cc2)cc1.COc1ccc(Oc2ccc(C(=O)c3ccc(C)cc3)cc2)cc1.[CH3-].[CH3-].[Y].[Y]. The van der Waals surface area contributed by atoms with E-state index >= 15 is 0 Å². The molecule has 0 saturated carbocycles. The standard InChI is InChI=1S/2C21H18O3.C3H8O2.2CH3.2Y/c2*1-15-3-5-16(6-4-15)21(22)17-7-9-19(10-8-17)24-20-13-11-18(23-2)12-14-20;1-4-3-5-2;;;;/h2*3-14H,1-2H3;3H2,1-2H3;2*1H3;;/q;;;2*-1;;. The maximum atomic E-state index is 12.4. The van der Waals surface area contributed by atoms with Crippen molar-refractivity contribution in [3.8, 4) is 34.5 Å². The van der Waals surface area contributed by atoms with Gasteiger partial charge in [0.05, 0.1) is 14.2 Å². The molecule has 6 aromatic rings. The Bertz CT molecular complexity index is 1850. The first kappa shape index (κ1) is 53.0. The number of hydrogen-bond donors (Lipinski definition) is 0. The maximum Gasteiger partial charge on any atom is 0.193 e. The third-order valence-electron chi connectivity index (χ3n) is 7.69. The molecule has 0 aliphatic carbocycles. The molecule has 6 rings (SSSR count). The zero-order chi connectivity index (χ0) is 38.0. The van der Waals surface area contributed by atoms with Crippen molar-refractivity contribution in [2.75, 3.05) is 35.2 Å². The van der Waals surface area contributed by atoms with Crippen molar-refractivity contribution < 1.29 is 103 Å². The summed E-state index contributed by atoms with van der Waals surface area (Å²) in [6.45, 7) is 4.39. The number of ketones is 2. The van der Waals surface area contributed by atoms with Crippen molar-refractivity contribution in [2.24, 2.45) is 0 Å². The predicted octanol–water partition coefficient (Wildman–Crippen LogP) is 11.2. The summed E-state index contributed by atoms with van der Waals surface area (Å²) in [6, 6.07) is 44.1. The van der Waals surface area contributed by atoms with E-state index in [0.29, 0.717) is 52.0 Å². The van der Waals surface area contributed by atoms with Crippen LogP contribution in [0.2, 0.25) is 0 Å². The summed E-state index contributed by atoms with van der Waals surface area (Å²) >= 11 is 0. The second kappa shape index (κ2) is 28.4. The fourth-order valence-electron chi connectivity index (χ4n) is 4.77. The fourth-order valence-corrected chi connectivity index (χ4v) is 4.77. The third-order valence-corrected chi connectivity index (χ3v) is 7.69. The second-order valence-corrected chi connectivity index (χ2v) is 11.7. The van der Waals surface area contributed by atoms with Gasteiger partial charge in [-0.05, 0) is 111 Å². The average molecular weight is 921 g/mol. The van der Waals surface area contributed by atoms with E-state index in [2.05, 4.69) is 9.47 Å². The van der Waals surface area contributed by atoms with Crippen LogP contribution in [0.3, 0.4) is 0 Å². The first-order valence-corrected chi connectivity index (χ1v) is 16.8. The molecule has 57 heavy (non-hydrogen) atoms. The summed E-state index contributed by atoms with van der Waals surface area (Å²) in [5, 5.41) is 0. The van der Waals surface area contributed by atoms with Crippen LogP contribution in [0.15, 0.2) is 146 Å². The van der Waals surface area contributed by atoms with Gasteiger partial charge >= 0.3 is 0 Å². The Kier molecular flexibility index (Phi) is 26.4. The van der Waals surface area contributed by atoms with Gasteiger partial charge in [0.15, 0.2) is 11.6 Å². The quantitative estimate of drug-likeness (QED) is 0.0681. The Labute approximate surface area is 389 Å². The Hall–Kier alpha value is -4.01. The summed E-state index contributed by atoms with van der Waals surface area (Å²) in [5.74, 6) is 4.36. The molecule has 0 atom stereocenters. The molecule has 0 amide bonds. The van der Waals surface area contributed by atoms with E-state index in [0.717, 1.165) is 22.6 Å². The monoisotopic (exact) mass is 920 g/mol. The minimum absolute atomic E-state index is 0. The zero-order valence-electron chi connectivity index (χ0n) is 34.0. The van der Waals surface area contributed by atoms with Crippen molar-refractivity contribution in [1.82, 2.24) is 0 Å². The smallest absolute Gasteiger partial charge is 0.193 e. The number of rotatable bonds is 12. The van der Waals surface area contributed by atoms with Crippen LogP contribution < -0.4 is 18.9 Å². The Morgan fingerprint density at radius 2 is 0.579 bits per heavy atom. The van der Waals surface area contributed by atoms with Gasteiger partial charge in [-0.25, -0.2) is 0 Å². The average Bonchev–Trinajstić information content (AvgIpc) is 3.20. The molecule has 294 valence electrons. The molecule has 0 spiro atoms. The summed E-state index contributed by atoms with van der Waals surface area (Å²) in [5.41, 5.74) is 4.92. The largest absolute Gasteiger partial charge is 0.497 e. The zero-order valence-corrected chi connectivity index (χ0v) is 39.7. The van der Waals surface area contributed by atoms with E-state index in [-0.39, 0.29) is 91.8 Å². The predicted molar refractivity (Wildman–Crippen MR) is 220 cm³/mol. The van der Waals surface area contributed by atoms with Crippen LogP contribution in [0.25, 0.3) is 0 Å². The molecule has 10 heteroatoms. The molecule has 0 bridgehead atoms. The number of hydrogen-bond acceptors (Lipinski definition) is 8. The molecule has 0 heterocycles. The Morgan fingerprint density at radius 1 is 0.368 bits per heavy atom. The van der Waals surface area contributed by atoms with Gasteiger partial charge in [0.2, 0.25) is 0 Å². The van der Waals surface area contributed by atoms with Crippen LogP contribution in [0.5, 0.6) is 34.5 Å². The number of carbonyl (C=O) groups excluding carboxylic acids is 2. The first-order valence-electron chi connectivity index (χ1n) is 16.8. The van der Waals surface area contributed by atoms with Crippen molar-refractivity contribution in [3.05, 3.63) is 194 Å². The van der Waals surface area contributed by atoms with E-state index in [1.54, 1.807) is 77.0 Å². The molecule has 2 radical (unpaired) electrons. The minimum Gasteiger partial charge on any atom is -0.497 e. The Balaban J connectivity index is 0.000000926. The second-order valence-electron chi connectivity index (χ2n) is 11.7. The van der Waals surface area contributed by atoms with E-state index in [1.165, 1.54) is 0 Å². The van der Waals surface area contributed by atoms with Gasteiger partial charge in [0, 0.05) is 102 Å². The number of carbonyl (C=O) groups is 2. The molecule has 0 aliphatic heterocycles. The van der Waals surface area contributed by atoms with Gasteiger partial charge in [-0.3, -0.25) is 9.59 Å². The molecule has 0 aromatic heterocycles. The normalized spacial score (nSPS) is 9.37. The molecule has 0 saturated heterocycles. The van der Waals surface area contributed by atoms with Crippen molar-refractivity contribution in [1.29, 1.82) is 0 Å². The van der Waals surface area contributed by atoms with Crippen molar-refractivity contribution in [3.63, 3.8) is 0 Å². The van der Waals surface area contributed by atoms with E-state index in [4.69, 9.17) is 18.9 Å². The van der Waals surface area contributed by atoms with Crippen LogP contribution in [0, 0.1) is 28.7 Å². The van der Waals surface area contributed by atoms with Gasteiger partial charge in [-0.2, -0.15) is 0 Å². The number of aryl methyl sites for hydroxylation is 2. The van der Waals surface area contributed by atoms with E-state index in [1.807, 2.05) is 111 Å². The Morgan fingerprint density at radius 3 is 0.789 bits per heavy atom. The third kappa shape index (κ3) is 17.6. The van der Waals surface area contributed by atoms with Gasteiger partial charge < -0.3 is 43.3 Å². The van der Waals surface area contributed by atoms with Crippen LogP contribution >= 0.6 is 0 Å². The van der Waals surface area contributed by atoms with E-state index < -0.39 is 0 Å². The van der Waals surface area contributed by atoms with Gasteiger partial charge in [0.1, 0.15) is 41.3 Å². The first-order chi connectivity index (χ1) is 25.7. The number of ether oxygens (including phenoxy) is 6. The molecule has 0 fully saturated rings. The minimum atomic E-state index is 0. The number of benzene rings is 6. The molecule has 0 N–H and O–H groups in total.